The standard InChI is InChI=1S/C21H26N4O3S2/c26-20(23-18-7-1-2-8-19(18)24-11-3-4-12-24)16-29-21-10-9-17(15-22-21)30(27,28)25-13-5-6-14-25/h1-2,7-10,15H,3-6,11-14,16H2,(H,23,26). The van der Waals surface area contributed by atoms with Crippen LogP contribution in [0.2, 0.25) is 0 Å². The highest BCUT2D eigenvalue weighted by Crippen LogP contribution is 2.29. The first kappa shape index (κ1) is 21.1. The summed E-state index contributed by atoms with van der Waals surface area (Å²) in [5.74, 6) is 0.0988. The van der Waals surface area contributed by atoms with Crippen molar-refractivity contribution < 1.29 is 13.2 Å². The third-order valence-corrected chi connectivity index (χ3v) is 8.21. The first-order valence-electron chi connectivity index (χ1n) is 10.3. The molecule has 0 aliphatic carbocycles. The van der Waals surface area contributed by atoms with Crippen molar-refractivity contribution in [2.75, 3.05) is 42.1 Å². The number of rotatable bonds is 7. The molecule has 2 saturated heterocycles. The lowest BCUT2D eigenvalue weighted by molar-refractivity contribution is -0.113. The molecule has 1 aromatic heterocycles. The molecule has 0 radical (unpaired) electrons. The number of benzene rings is 1. The van der Waals surface area contributed by atoms with Gasteiger partial charge < -0.3 is 10.2 Å². The zero-order chi connectivity index (χ0) is 21.0. The fourth-order valence-corrected chi connectivity index (χ4v) is 5.93. The van der Waals surface area contributed by atoms with Gasteiger partial charge in [-0.05, 0) is 49.9 Å². The van der Waals surface area contributed by atoms with Crippen molar-refractivity contribution in [3.63, 3.8) is 0 Å². The number of anilines is 2. The maximum absolute atomic E-state index is 12.6. The fourth-order valence-electron chi connectivity index (χ4n) is 3.82. The van der Waals surface area contributed by atoms with Crippen molar-refractivity contribution >= 4 is 39.1 Å². The Bertz CT molecular complexity index is 984. The molecule has 160 valence electrons. The van der Waals surface area contributed by atoms with Crippen molar-refractivity contribution in [3.8, 4) is 0 Å². The molecule has 2 aliphatic rings. The highest BCUT2D eigenvalue weighted by atomic mass is 32.2. The van der Waals surface area contributed by atoms with Gasteiger partial charge in [-0.3, -0.25) is 4.79 Å². The van der Waals surface area contributed by atoms with E-state index in [1.165, 1.54) is 35.1 Å². The Labute approximate surface area is 181 Å². The second-order valence-electron chi connectivity index (χ2n) is 7.49. The SMILES string of the molecule is O=C(CSc1ccc(S(=O)(=O)N2CCCC2)cn1)Nc1ccccc1N1CCCC1. The van der Waals surface area contributed by atoms with E-state index in [1.807, 2.05) is 24.3 Å². The summed E-state index contributed by atoms with van der Waals surface area (Å²) in [4.78, 5) is 19.2. The zero-order valence-electron chi connectivity index (χ0n) is 16.8. The minimum atomic E-state index is -3.46. The van der Waals surface area contributed by atoms with Gasteiger partial charge >= 0.3 is 0 Å². The lowest BCUT2D eigenvalue weighted by Crippen LogP contribution is -2.27. The van der Waals surface area contributed by atoms with Crippen LogP contribution in [0.4, 0.5) is 11.4 Å². The van der Waals surface area contributed by atoms with Gasteiger partial charge in [0.05, 0.1) is 22.2 Å². The van der Waals surface area contributed by atoms with E-state index in [4.69, 9.17) is 0 Å². The van der Waals surface area contributed by atoms with Crippen LogP contribution in [-0.4, -0.2) is 55.5 Å². The predicted octanol–water partition coefficient (Wildman–Crippen LogP) is 3.20. The minimum absolute atomic E-state index is 0.109. The van der Waals surface area contributed by atoms with Crippen molar-refractivity contribution in [3.05, 3.63) is 42.6 Å². The average Bonchev–Trinajstić information content (AvgIpc) is 3.47. The molecular weight excluding hydrogens is 420 g/mol. The van der Waals surface area contributed by atoms with Crippen LogP contribution in [0.5, 0.6) is 0 Å². The number of amides is 1. The molecule has 0 bridgehead atoms. The molecule has 0 saturated carbocycles. The van der Waals surface area contributed by atoms with Crippen molar-refractivity contribution in [1.82, 2.24) is 9.29 Å². The minimum Gasteiger partial charge on any atom is -0.370 e. The summed E-state index contributed by atoms with van der Waals surface area (Å²) in [6.45, 7) is 3.16. The Morgan fingerprint density at radius 1 is 1.00 bits per heavy atom. The lowest BCUT2D eigenvalue weighted by Gasteiger charge is -2.21. The van der Waals surface area contributed by atoms with E-state index in [2.05, 4.69) is 15.2 Å². The summed E-state index contributed by atoms with van der Waals surface area (Å²) in [5.41, 5.74) is 1.88. The molecule has 0 unspecified atom stereocenters. The van der Waals surface area contributed by atoms with Gasteiger partial charge in [-0.15, -0.1) is 0 Å². The number of aromatic nitrogens is 1. The normalized spacial score (nSPS) is 17.4. The van der Waals surface area contributed by atoms with Crippen LogP contribution in [0, 0.1) is 0 Å². The summed E-state index contributed by atoms with van der Waals surface area (Å²) in [5, 5.41) is 3.62. The topological polar surface area (TPSA) is 82.6 Å². The van der Waals surface area contributed by atoms with Gasteiger partial charge in [0.2, 0.25) is 15.9 Å². The van der Waals surface area contributed by atoms with E-state index in [1.54, 1.807) is 12.1 Å². The molecule has 3 heterocycles. The molecule has 2 aromatic rings. The fraction of sp³-hybridized carbons (Fsp3) is 0.429. The Morgan fingerprint density at radius 3 is 2.40 bits per heavy atom. The number of hydrogen-bond donors (Lipinski definition) is 1. The van der Waals surface area contributed by atoms with Crippen LogP contribution in [0.25, 0.3) is 0 Å². The zero-order valence-corrected chi connectivity index (χ0v) is 18.4. The second-order valence-corrected chi connectivity index (χ2v) is 10.4. The number of carbonyl (C=O) groups excluding carboxylic acids is 1. The van der Waals surface area contributed by atoms with Gasteiger partial charge in [-0.25, -0.2) is 13.4 Å². The number of thioether (sulfide) groups is 1. The smallest absolute Gasteiger partial charge is 0.244 e. The van der Waals surface area contributed by atoms with E-state index in [0.29, 0.717) is 18.1 Å². The van der Waals surface area contributed by atoms with Crippen LogP contribution >= 0.6 is 11.8 Å². The van der Waals surface area contributed by atoms with E-state index in [0.717, 1.165) is 37.3 Å². The van der Waals surface area contributed by atoms with Gasteiger partial charge in [0.1, 0.15) is 4.90 Å². The monoisotopic (exact) mass is 446 g/mol. The largest absolute Gasteiger partial charge is 0.370 e. The average molecular weight is 447 g/mol. The van der Waals surface area contributed by atoms with Crippen molar-refractivity contribution in [1.29, 1.82) is 0 Å². The van der Waals surface area contributed by atoms with Gasteiger partial charge in [0, 0.05) is 32.4 Å². The van der Waals surface area contributed by atoms with Crippen molar-refractivity contribution in [2.24, 2.45) is 0 Å². The van der Waals surface area contributed by atoms with Gasteiger partial charge in [0.15, 0.2) is 0 Å². The van der Waals surface area contributed by atoms with E-state index in [-0.39, 0.29) is 16.6 Å². The lowest BCUT2D eigenvalue weighted by atomic mass is 10.2. The Kier molecular flexibility index (Phi) is 6.60. The third kappa shape index (κ3) is 4.79. The number of hydrogen-bond acceptors (Lipinski definition) is 6. The Morgan fingerprint density at radius 2 is 1.70 bits per heavy atom. The summed E-state index contributed by atoms with van der Waals surface area (Å²) in [6, 6.07) is 11.1. The van der Waals surface area contributed by atoms with Gasteiger partial charge in [-0.2, -0.15) is 4.31 Å². The van der Waals surface area contributed by atoms with Crippen LogP contribution in [0.1, 0.15) is 25.7 Å². The quantitative estimate of drug-likeness (QED) is 0.658. The van der Waals surface area contributed by atoms with E-state index < -0.39 is 10.0 Å². The van der Waals surface area contributed by atoms with Crippen LogP contribution in [0.15, 0.2) is 52.5 Å². The molecule has 9 heteroatoms. The molecule has 2 aliphatic heterocycles. The van der Waals surface area contributed by atoms with E-state index >= 15 is 0 Å². The highest BCUT2D eigenvalue weighted by molar-refractivity contribution is 7.99. The molecule has 1 amide bonds. The molecule has 2 fully saturated rings. The molecule has 4 rings (SSSR count). The summed E-state index contributed by atoms with van der Waals surface area (Å²) < 4.78 is 26.6. The number of nitrogens with zero attached hydrogens (tertiary/aromatic N) is 3. The molecule has 30 heavy (non-hydrogen) atoms. The number of pyridine rings is 1. The first-order valence-corrected chi connectivity index (χ1v) is 12.7. The second kappa shape index (κ2) is 9.36. The first-order chi connectivity index (χ1) is 14.5. The summed E-state index contributed by atoms with van der Waals surface area (Å²) >= 11 is 1.29. The molecule has 0 atom stereocenters. The molecule has 1 aromatic carbocycles. The highest BCUT2D eigenvalue weighted by Gasteiger charge is 2.27. The van der Waals surface area contributed by atoms with Crippen LogP contribution in [-0.2, 0) is 14.8 Å². The van der Waals surface area contributed by atoms with Crippen molar-refractivity contribution in [2.45, 2.75) is 35.6 Å². The third-order valence-electron chi connectivity index (χ3n) is 5.39. The number of nitrogens with one attached hydrogen (secondary N) is 1. The van der Waals surface area contributed by atoms with Gasteiger partial charge in [0.25, 0.3) is 0 Å². The molecule has 7 nitrogen and oxygen atoms in total. The summed E-state index contributed by atoms with van der Waals surface area (Å²) in [7, 11) is -3.46. The number of sulfonamides is 1. The Balaban J connectivity index is 1.34. The van der Waals surface area contributed by atoms with E-state index in [9.17, 15) is 13.2 Å². The van der Waals surface area contributed by atoms with Gasteiger partial charge in [-0.1, -0.05) is 23.9 Å². The summed E-state index contributed by atoms with van der Waals surface area (Å²) in [6.07, 6.45) is 5.53. The molecule has 0 spiro atoms. The van der Waals surface area contributed by atoms with Crippen LogP contribution in [0.3, 0.4) is 0 Å². The Hall–Kier alpha value is -2.10. The predicted molar refractivity (Wildman–Crippen MR) is 119 cm³/mol. The maximum Gasteiger partial charge on any atom is 0.244 e. The number of para-hydroxylation sites is 2. The number of carbonyl (C=O) groups is 1. The van der Waals surface area contributed by atoms with Crippen LogP contribution < -0.4 is 10.2 Å². The molecular formula is C21H26N4O3S2. The molecule has 1 N–H and O–H groups in total. The maximum atomic E-state index is 12.6.